The fourth-order valence-corrected chi connectivity index (χ4v) is 3.02. The van der Waals surface area contributed by atoms with Crippen LogP contribution in [0.2, 0.25) is 0 Å². The van der Waals surface area contributed by atoms with Crippen LogP contribution in [0.25, 0.3) is 0 Å². The molecule has 0 radical (unpaired) electrons. The fourth-order valence-electron chi connectivity index (χ4n) is 2.44. The van der Waals surface area contributed by atoms with E-state index in [1.165, 1.54) is 5.56 Å². The lowest BCUT2D eigenvalue weighted by molar-refractivity contribution is 0.551. The smallest absolute Gasteiger partial charge is 0.0761 e. The van der Waals surface area contributed by atoms with Gasteiger partial charge in [-0.2, -0.15) is 5.10 Å². The predicted octanol–water partition coefficient (Wildman–Crippen LogP) is 3.28. The maximum absolute atomic E-state index is 4.46. The first-order valence-electron chi connectivity index (χ1n) is 6.89. The van der Waals surface area contributed by atoms with Gasteiger partial charge in [0.1, 0.15) is 0 Å². The highest BCUT2D eigenvalue weighted by atomic mass is 79.9. The minimum atomic E-state index is 0.122. The zero-order chi connectivity index (χ0) is 14.7. The second-order valence-electron chi connectivity index (χ2n) is 5.07. The molecule has 5 heteroatoms. The number of aromatic nitrogens is 3. The van der Waals surface area contributed by atoms with Gasteiger partial charge in [-0.15, -0.1) is 0 Å². The quantitative estimate of drug-likeness (QED) is 0.910. The van der Waals surface area contributed by atoms with Crippen LogP contribution in [0.15, 0.2) is 22.8 Å². The summed E-state index contributed by atoms with van der Waals surface area (Å²) in [5.41, 5.74) is 4.46. The molecule has 20 heavy (non-hydrogen) atoms. The molecule has 0 amide bonds. The molecule has 2 aromatic heterocycles. The molecular weight excluding hydrogens is 316 g/mol. The minimum Gasteiger partial charge on any atom is -0.305 e. The number of nitrogens with one attached hydrogen (secondary N) is 1. The summed E-state index contributed by atoms with van der Waals surface area (Å²) >= 11 is 3.61. The largest absolute Gasteiger partial charge is 0.305 e. The molecule has 0 aromatic carbocycles. The molecule has 108 valence electrons. The van der Waals surface area contributed by atoms with Crippen molar-refractivity contribution >= 4 is 15.9 Å². The Hall–Kier alpha value is -1.20. The first kappa shape index (κ1) is 15.2. The van der Waals surface area contributed by atoms with Crippen molar-refractivity contribution in [1.29, 1.82) is 0 Å². The number of nitrogens with zero attached hydrogens (tertiary/aromatic N) is 3. The number of pyridine rings is 1. The summed E-state index contributed by atoms with van der Waals surface area (Å²) in [7, 11) is 1.97. The Balaban J connectivity index is 2.47. The Morgan fingerprint density at radius 2 is 1.95 bits per heavy atom. The number of aryl methyl sites for hydroxylation is 3. The van der Waals surface area contributed by atoms with Crippen molar-refractivity contribution in [3.63, 3.8) is 0 Å². The third-order valence-electron chi connectivity index (χ3n) is 3.25. The van der Waals surface area contributed by atoms with Gasteiger partial charge >= 0.3 is 0 Å². The van der Waals surface area contributed by atoms with Crippen molar-refractivity contribution in [3.05, 3.63) is 45.4 Å². The van der Waals surface area contributed by atoms with E-state index in [4.69, 9.17) is 0 Å². The number of halogens is 1. The van der Waals surface area contributed by atoms with Gasteiger partial charge in [0.2, 0.25) is 0 Å². The average Bonchev–Trinajstić information content (AvgIpc) is 2.70. The maximum Gasteiger partial charge on any atom is 0.0761 e. The molecule has 0 aliphatic rings. The summed E-state index contributed by atoms with van der Waals surface area (Å²) in [6, 6.07) is 4.40. The highest BCUT2D eigenvalue weighted by molar-refractivity contribution is 9.10. The van der Waals surface area contributed by atoms with Gasteiger partial charge in [-0.05, 0) is 60.4 Å². The van der Waals surface area contributed by atoms with Gasteiger partial charge in [0.25, 0.3) is 0 Å². The van der Waals surface area contributed by atoms with E-state index < -0.39 is 0 Å². The van der Waals surface area contributed by atoms with Gasteiger partial charge in [0.15, 0.2) is 0 Å². The van der Waals surface area contributed by atoms with Crippen LogP contribution in [0.1, 0.15) is 42.0 Å². The van der Waals surface area contributed by atoms with Crippen LogP contribution in [0, 0.1) is 13.8 Å². The Kier molecular flexibility index (Phi) is 4.94. The lowest BCUT2D eigenvalue weighted by Gasteiger charge is -2.21. The van der Waals surface area contributed by atoms with Crippen molar-refractivity contribution in [2.45, 2.75) is 33.2 Å². The molecule has 0 aliphatic heterocycles. The van der Waals surface area contributed by atoms with Crippen LogP contribution >= 0.6 is 15.9 Å². The van der Waals surface area contributed by atoms with Crippen LogP contribution in [0.5, 0.6) is 0 Å². The van der Waals surface area contributed by atoms with Gasteiger partial charge in [-0.3, -0.25) is 9.67 Å². The van der Waals surface area contributed by atoms with E-state index in [9.17, 15) is 0 Å². The number of hydrogen-bond donors (Lipinski definition) is 1. The first-order valence-corrected chi connectivity index (χ1v) is 7.68. The SMILES string of the molecule is CCCNC(c1cc(C)nc(C)c1)c1c(Br)cnn1C. The van der Waals surface area contributed by atoms with Gasteiger partial charge < -0.3 is 5.32 Å². The van der Waals surface area contributed by atoms with E-state index in [-0.39, 0.29) is 6.04 Å². The van der Waals surface area contributed by atoms with Crippen LogP contribution in [-0.4, -0.2) is 21.3 Å². The summed E-state index contributed by atoms with van der Waals surface area (Å²) in [5, 5.41) is 7.94. The molecule has 0 aliphatic carbocycles. The highest BCUT2D eigenvalue weighted by Gasteiger charge is 2.20. The van der Waals surface area contributed by atoms with Gasteiger partial charge in [0.05, 0.1) is 22.4 Å². The van der Waals surface area contributed by atoms with Crippen LogP contribution in [0.3, 0.4) is 0 Å². The molecule has 0 fully saturated rings. The normalized spacial score (nSPS) is 12.7. The van der Waals surface area contributed by atoms with Gasteiger partial charge in [-0.1, -0.05) is 6.92 Å². The van der Waals surface area contributed by atoms with E-state index in [0.717, 1.165) is 34.5 Å². The summed E-state index contributed by atoms with van der Waals surface area (Å²) in [5.74, 6) is 0. The van der Waals surface area contributed by atoms with E-state index in [1.54, 1.807) is 0 Å². The summed E-state index contributed by atoms with van der Waals surface area (Å²) in [6.45, 7) is 7.20. The second-order valence-corrected chi connectivity index (χ2v) is 5.93. The molecular formula is C15H21BrN4. The zero-order valence-corrected chi connectivity index (χ0v) is 14.0. The molecule has 0 saturated carbocycles. The highest BCUT2D eigenvalue weighted by Crippen LogP contribution is 2.28. The third-order valence-corrected chi connectivity index (χ3v) is 3.86. The molecule has 2 rings (SSSR count). The Labute approximate surface area is 128 Å². The van der Waals surface area contributed by atoms with E-state index in [2.05, 4.69) is 50.4 Å². The monoisotopic (exact) mass is 336 g/mol. The van der Waals surface area contributed by atoms with Crippen molar-refractivity contribution < 1.29 is 0 Å². The molecule has 0 saturated heterocycles. The summed E-state index contributed by atoms with van der Waals surface area (Å²) in [6.07, 6.45) is 2.94. The molecule has 0 bridgehead atoms. The van der Waals surface area contributed by atoms with E-state index in [1.807, 2.05) is 31.8 Å². The number of rotatable bonds is 5. The molecule has 4 nitrogen and oxygen atoms in total. The lowest BCUT2D eigenvalue weighted by Crippen LogP contribution is -2.26. The maximum atomic E-state index is 4.46. The van der Waals surface area contributed by atoms with E-state index >= 15 is 0 Å². The van der Waals surface area contributed by atoms with Gasteiger partial charge in [0, 0.05) is 18.4 Å². The Morgan fingerprint density at radius 3 is 2.45 bits per heavy atom. The fraction of sp³-hybridized carbons (Fsp3) is 0.467. The lowest BCUT2D eigenvalue weighted by atomic mass is 10.0. The number of hydrogen-bond acceptors (Lipinski definition) is 3. The van der Waals surface area contributed by atoms with E-state index in [0.29, 0.717) is 0 Å². The molecule has 2 aromatic rings. The third kappa shape index (κ3) is 3.27. The van der Waals surface area contributed by atoms with Crippen molar-refractivity contribution in [3.8, 4) is 0 Å². The first-order chi connectivity index (χ1) is 9.52. The van der Waals surface area contributed by atoms with Crippen LogP contribution in [0.4, 0.5) is 0 Å². The van der Waals surface area contributed by atoms with Crippen molar-refractivity contribution in [2.75, 3.05) is 6.54 Å². The molecule has 1 unspecified atom stereocenters. The standard InChI is InChI=1S/C15H21BrN4/c1-5-6-17-14(15-13(16)9-18-20(15)4)12-7-10(2)19-11(3)8-12/h7-9,14,17H,5-6H2,1-4H3. The van der Waals surface area contributed by atoms with Gasteiger partial charge in [-0.25, -0.2) is 0 Å². The average molecular weight is 337 g/mol. The second kappa shape index (κ2) is 6.50. The Morgan fingerprint density at radius 1 is 1.30 bits per heavy atom. The zero-order valence-electron chi connectivity index (χ0n) is 12.4. The topological polar surface area (TPSA) is 42.7 Å². The summed E-state index contributed by atoms with van der Waals surface area (Å²) < 4.78 is 2.95. The Bertz CT molecular complexity index is 552. The molecule has 2 heterocycles. The van der Waals surface area contributed by atoms with Crippen LogP contribution in [-0.2, 0) is 7.05 Å². The molecule has 1 atom stereocenters. The minimum absolute atomic E-state index is 0.122. The van der Waals surface area contributed by atoms with Crippen molar-refractivity contribution in [1.82, 2.24) is 20.1 Å². The molecule has 1 N–H and O–H groups in total. The van der Waals surface area contributed by atoms with Crippen molar-refractivity contribution in [2.24, 2.45) is 7.05 Å². The summed E-state index contributed by atoms with van der Waals surface area (Å²) in [4.78, 5) is 4.46. The van der Waals surface area contributed by atoms with Crippen LogP contribution < -0.4 is 5.32 Å². The molecule has 0 spiro atoms. The predicted molar refractivity (Wildman–Crippen MR) is 84.8 cm³/mol.